The van der Waals surface area contributed by atoms with Crippen LogP contribution in [0.1, 0.15) is 18.9 Å². The Labute approximate surface area is 93.0 Å². The van der Waals surface area contributed by atoms with Crippen molar-refractivity contribution >= 4 is 5.71 Å². The summed E-state index contributed by atoms with van der Waals surface area (Å²) in [5.74, 6) is 0.0117. The van der Waals surface area contributed by atoms with E-state index in [1.807, 2.05) is 0 Å². The van der Waals surface area contributed by atoms with Crippen molar-refractivity contribution in [2.75, 3.05) is 13.2 Å². The van der Waals surface area contributed by atoms with E-state index in [0.717, 1.165) is 0 Å². The van der Waals surface area contributed by atoms with Gasteiger partial charge in [-0.05, 0) is 25.1 Å². The molecule has 0 aliphatic carbocycles. The first-order valence-electron chi connectivity index (χ1n) is 4.91. The zero-order valence-electron chi connectivity index (χ0n) is 8.98. The number of rotatable bonds is 5. The van der Waals surface area contributed by atoms with Crippen LogP contribution in [0.4, 0.5) is 4.39 Å². The topological polar surface area (TPSA) is 62.1 Å². The molecule has 1 aromatic carbocycles. The third-order valence-corrected chi connectivity index (χ3v) is 2.04. The van der Waals surface area contributed by atoms with Gasteiger partial charge in [-0.1, -0.05) is 5.16 Å². The molecule has 0 spiro atoms. The SMILES string of the molecule is CC(=NO)c1cc(F)ccc1OCCCO. The fourth-order valence-electron chi connectivity index (χ4n) is 1.21. The number of nitrogens with zero attached hydrogens (tertiary/aromatic N) is 1. The van der Waals surface area contributed by atoms with Crippen LogP contribution >= 0.6 is 0 Å². The highest BCUT2D eigenvalue weighted by Gasteiger charge is 2.08. The first-order valence-corrected chi connectivity index (χ1v) is 4.91. The molecule has 0 aromatic heterocycles. The van der Waals surface area contributed by atoms with Gasteiger partial charge in [-0.3, -0.25) is 0 Å². The standard InChI is InChI=1S/C11H14FNO3/c1-8(13-15)10-7-9(12)3-4-11(10)16-6-2-5-14/h3-4,7,14-15H,2,5-6H2,1H3. The average Bonchev–Trinajstić information content (AvgIpc) is 2.30. The molecule has 1 rings (SSSR count). The maximum atomic E-state index is 13.0. The van der Waals surface area contributed by atoms with E-state index in [9.17, 15) is 4.39 Å². The summed E-state index contributed by atoms with van der Waals surface area (Å²) < 4.78 is 18.3. The number of halogens is 1. The number of ether oxygens (including phenoxy) is 1. The molecular formula is C11H14FNO3. The molecule has 0 radical (unpaired) electrons. The van der Waals surface area contributed by atoms with E-state index in [1.165, 1.54) is 18.2 Å². The summed E-state index contributed by atoms with van der Waals surface area (Å²) in [6.07, 6.45) is 0.492. The summed E-state index contributed by atoms with van der Waals surface area (Å²) in [5, 5.41) is 20.3. The molecule has 2 N–H and O–H groups in total. The number of hydrogen-bond acceptors (Lipinski definition) is 4. The number of oxime groups is 1. The number of hydrogen-bond donors (Lipinski definition) is 2. The van der Waals surface area contributed by atoms with Crippen LogP contribution < -0.4 is 4.74 Å². The van der Waals surface area contributed by atoms with Crippen LogP contribution in [0.25, 0.3) is 0 Å². The van der Waals surface area contributed by atoms with Gasteiger partial charge in [0.2, 0.25) is 0 Å². The van der Waals surface area contributed by atoms with E-state index in [2.05, 4.69) is 5.16 Å². The molecule has 4 nitrogen and oxygen atoms in total. The van der Waals surface area contributed by atoms with Crippen LogP contribution in [0.2, 0.25) is 0 Å². The normalized spacial score (nSPS) is 11.6. The van der Waals surface area contributed by atoms with E-state index in [0.29, 0.717) is 24.3 Å². The smallest absolute Gasteiger partial charge is 0.128 e. The molecule has 0 aliphatic rings. The summed E-state index contributed by atoms with van der Waals surface area (Å²) in [6, 6.07) is 3.97. The summed E-state index contributed by atoms with van der Waals surface area (Å²) in [6.45, 7) is 1.91. The molecule has 0 unspecified atom stereocenters. The van der Waals surface area contributed by atoms with Gasteiger partial charge in [0, 0.05) is 18.6 Å². The van der Waals surface area contributed by atoms with Crippen molar-refractivity contribution in [1.82, 2.24) is 0 Å². The second-order valence-corrected chi connectivity index (χ2v) is 3.25. The zero-order valence-corrected chi connectivity index (χ0v) is 8.98. The van der Waals surface area contributed by atoms with Crippen molar-refractivity contribution in [3.8, 4) is 5.75 Å². The highest BCUT2D eigenvalue weighted by molar-refractivity contribution is 6.00. The van der Waals surface area contributed by atoms with Gasteiger partial charge < -0.3 is 15.1 Å². The van der Waals surface area contributed by atoms with Gasteiger partial charge in [-0.15, -0.1) is 0 Å². The van der Waals surface area contributed by atoms with Gasteiger partial charge >= 0.3 is 0 Å². The number of aliphatic hydroxyl groups is 1. The average molecular weight is 227 g/mol. The lowest BCUT2D eigenvalue weighted by Crippen LogP contribution is -2.05. The van der Waals surface area contributed by atoms with E-state index in [4.69, 9.17) is 15.1 Å². The van der Waals surface area contributed by atoms with Crippen molar-refractivity contribution in [2.45, 2.75) is 13.3 Å². The minimum atomic E-state index is -0.424. The molecule has 0 atom stereocenters. The molecule has 0 heterocycles. The molecule has 0 fully saturated rings. The van der Waals surface area contributed by atoms with E-state index in [1.54, 1.807) is 6.92 Å². The largest absolute Gasteiger partial charge is 0.493 e. The van der Waals surface area contributed by atoms with E-state index >= 15 is 0 Å². The van der Waals surface area contributed by atoms with Gasteiger partial charge in [-0.25, -0.2) is 4.39 Å². The third-order valence-electron chi connectivity index (χ3n) is 2.04. The Bertz CT molecular complexity index is 379. The Hall–Kier alpha value is -1.62. The first kappa shape index (κ1) is 12.4. The summed E-state index contributed by atoms with van der Waals surface area (Å²) >= 11 is 0. The Kier molecular flexibility index (Phi) is 4.72. The molecule has 0 amide bonds. The quantitative estimate of drug-likeness (QED) is 0.349. The van der Waals surface area contributed by atoms with Crippen molar-refractivity contribution in [1.29, 1.82) is 0 Å². The molecule has 88 valence electrons. The van der Waals surface area contributed by atoms with Gasteiger partial charge in [0.1, 0.15) is 11.6 Å². The monoisotopic (exact) mass is 227 g/mol. The van der Waals surface area contributed by atoms with Gasteiger partial charge in [0.25, 0.3) is 0 Å². The maximum absolute atomic E-state index is 13.0. The summed E-state index contributed by atoms with van der Waals surface area (Å²) in [7, 11) is 0. The Morgan fingerprint density at radius 1 is 1.50 bits per heavy atom. The number of benzene rings is 1. The van der Waals surface area contributed by atoms with Crippen molar-refractivity contribution < 1.29 is 19.4 Å². The number of aliphatic hydroxyl groups excluding tert-OH is 1. The van der Waals surface area contributed by atoms with Gasteiger partial charge in [-0.2, -0.15) is 0 Å². The minimum absolute atomic E-state index is 0.0313. The molecule has 1 aromatic rings. The maximum Gasteiger partial charge on any atom is 0.128 e. The van der Waals surface area contributed by atoms with Crippen LogP contribution in [0.15, 0.2) is 23.4 Å². The minimum Gasteiger partial charge on any atom is -0.493 e. The van der Waals surface area contributed by atoms with Crippen molar-refractivity contribution in [2.24, 2.45) is 5.16 Å². The van der Waals surface area contributed by atoms with E-state index in [-0.39, 0.29) is 12.3 Å². The Morgan fingerprint density at radius 3 is 2.88 bits per heavy atom. The second-order valence-electron chi connectivity index (χ2n) is 3.25. The lowest BCUT2D eigenvalue weighted by molar-refractivity contribution is 0.233. The Morgan fingerprint density at radius 2 is 2.25 bits per heavy atom. The van der Waals surface area contributed by atoms with Crippen molar-refractivity contribution in [3.05, 3.63) is 29.6 Å². The van der Waals surface area contributed by atoms with Gasteiger partial charge in [0.05, 0.1) is 12.3 Å². The van der Waals surface area contributed by atoms with E-state index < -0.39 is 5.82 Å². The molecule has 5 heteroatoms. The molecule has 0 saturated carbocycles. The lowest BCUT2D eigenvalue weighted by Gasteiger charge is -2.10. The summed E-state index contributed by atoms with van der Waals surface area (Å²) in [5.41, 5.74) is 0.680. The predicted octanol–water partition coefficient (Wildman–Crippen LogP) is 1.79. The fourth-order valence-corrected chi connectivity index (χ4v) is 1.21. The molecule has 16 heavy (non-hydrogen) atoms. The van der Waals surface area contributed by atoms with Crippen LogP contribution in [0, 0.1) is 5.82 Å². The Balaban J connectivity index is 2.89. The van der Waals surface area contributed by atoms with Gasteiger partial charge in [0.15, 0.2) is 0 Å². The highest BCUT2D eigenvalue weighted by atomic mass is 19.1. The first-order chi connectivity index (χ1) is 7.69. The van der Waals surface area contributed by atoms with Crippen LogP contribution in [-0.2, 0) is 0 Å². The zero-order chi connectivity index (χ0) is 12.0. The molecule has 0 bridgehead atoms. The van der Waals surface area contributed by atoms with Crippen LogP contribution in [-0.4, -0.2) is 29.2 Å². The second kappa shape index (κ2) is 6.07. The predicted molar refractivity (Wildman–Crippen MR) is 57.6 cm³/mol. The van der Waals surface area contributed by atoms with Crippen LogP contribution in [0.3, 0.4) is 0 Å². The van der Waals surface area contributed by atoms with Crippen molar-refractivity contribution in [3.63, 3.8) is 0 Å². The van der Waals surface area contributed by atoms with Crippen LogP contribution in [0.5, 0.6) is 5.75 Å². The highest BCUT2D eigenvalue weighted by Crippen LogP contribution is 2.20. The third kappa shape index (κ3) is 3.20. The fraction of sp³-hybridized carbons (Fsp3) is 0.364. The molecule has 0 saturated heterocycles. The molecular weight excluding hydrogens is 213 g/mol. The lowest BCUT2D eigenvalue weighted by atomic mass is 10.1. The molecule has 0 aliphatic heterocycles. The summed E-state index contributed by atoms with van der Waals surface area (Å²) in [4.78, 5) is 0.